The zero-order chi connectivity index (χ0) is 14.5. The van der Waals surface area contributed by atoms with Crippen LogP contribution in [0.2, 0.25) is 5.02 Å². The van der Waals surface area contributed by atoms with Crippen molar-refractivity contribution in [2.45, 2.75) is 13.8 Å². The first kappa shape index (κ1) is 14.4. The Balaban J connectivity index is 1.90. The van der Waals surface area contributed by atoms with Crippen LogP contribution in [-0.2, 0) is 4.79 Å². The third-order valence-corrected chi connectivity index (χ3v) is 3.07. The van der Waals surface area contributed by atoms with Gasteiger partial charge >= 0.3 is 0 Å². The lowest BCUT2D eigenvalue weighted by atomic mass is 10.2. The number of ether oxygens (including phenoxy) is 1. The van der Waals surface area contributed by atoms with E-state index in [1.807, 2.05) is 38.1 Å². The summed E-state index contributed by atoms with van der Waals surface area (Å²) < 4.78 is 5.48. The molecule has 3 nitrogen and oxygen atoms in total. The minimum absolute atomic E-state index is 0.0314. The molecule has 0 saturated heterocycles. The highest BCUT2D eigenvalue weighted by molar-refractivity contribution is 6.30. The molecular weight excluding hydrogens is 274 g/mol. The Kier molecular flexibility index (Phi) is 4.64. The second-order valence-electron chi connectivity index (χ2n) is 4.61. The number of nitrogens with one attached hydrogen (secondary N) is 1. The first-order valence-electron chi connectivity index (χ1n) is 6.30. The highest BCUT2D eigenvalue weighted by Gasteiger charge is 2.05. The first-order chi connectivity index (χ1) is 9.54. The summed E-state index contributed by atoms with van der Waals surface area (Å²) in [5.74, 6) is 0.469. The average Bonchev–Trinajstić information content (AvgIpc) is 2.40. The molecule has 0 unspecified atom stereocenters. The topological polar surface area (TPSA) is 38.3 Å². The second-order valence-corrected chi connectivity index (χ2v) is 5.05. The van der Waals surface area contributed by atoms with Crippen molar-refractivity contribution in [2.75, 3.05) is 11.9 Å². The minimum atomic E-state index is -0.191. The molecule has 1 amide bonds. The quantitative estimate of drug-likeness (QED) is 0.925. The van der Waals surface area contributed by atoms with Gasteiger partial charge < -0.3 is 10.1 Å². The molecule has 0 radical (unpaired) electrons. The van der Waals surface area contributed by atoms with E-state index in [1.165, 1.54) is 0 Å². The first-order valence-corrected chi connectivity index (χ1v) is 6.68. The van der Waals surface area contributed by atoms with Gasteiger partial charge in [-0.2, -0.15) is 0 Å². The summed E-state index contributed by atoms with van der Waals surface area (Å²) in [5, 5.41) is 3.43. The van der Waals surface area contributed by atoms with Crippen molar-refractivity contribution in [1.29, 1.82) is 0 Å². The maximum absolute atomic E-state index is 11.8. The summed E-state index contributed by atoms with van der Waals surface area (Å²) in [7, 11) is 0. The van der Waals surface area contributed by atoms with Gasteiger partial charge in [0.1, 0.15) is 5.75 Å². The molecule has 4 heteroatoms. The van der Waals surface area contributed by atoms with Crippen molar-refractivity contribution in [1.82, 2.24) is 0 Å². The van der Waals surface area contributed by atoms with Crippen LogP contribution in [0.1, 0.15) is 11.1 Å². The van der Waals surface area contributed by atoms with Gasteiger partial charge in [-0.05, 0) is 49.7 Å². The molecule has 20 heavy (non-hydrogen) atoms. The van der Waals surface area contributed by atoms with E-state index >= 15 is 0 Å². The number of rotatable bonds is 4. The van der Waals surface area contributed by atoms with E-state index < -0.39 is 0 Å². The van der Waals surface area contributed by atoms with E-state index in [0.29, 0.717) is 10.8 Å². The molecule has 2 aromatic rings. The summed E-state index contributed by atoms with van der Waals surface area (Å²) in [6.45, 7) is 3.85. The largest absolute Gasteiger partial charge is 0.483 e. The summed E-state index contributed by atoms with van der Waals surface area (Å²) in [6.07, 6.45) is 0. The number of benzene rings is 2. The SMILES string of the molecule is Cc1ccc(NC(=O)COc2ccc(Cl)cc2C)cc1. The van der Waals surface area contributed by atoms with Gasteiger partial charge in [0.25, 0.3) is 5.91 Å². The lowest BCUT2D eigenvalue weighted by Gasteiger charge is -2.10. The molecule has 0 atom stereocenters. The van der Waals surface area contributed by atoms with Gasteiger partial charge in [0, 0.05) is 10.7 Å². The van der Waals surface area contributed by atoms with E-state index in [1.54, 1.807) is 18.2 Å². The number of hydrogen-bond acceptors (Lipinski definition) is 2. The van der Waals surface area contributed by atoms with Crippen LogP contribution >= 0.6 is 11.6 Å². The Morgan fingerprint density at radius 1 is 1.15 bits per heavy atom. The number of halogens is 1. The molecule has 2 aromatic carbocycles. The Morgan fingerprint density at radius 3 is 2.50 bits per heavy atom. The van der Waals surface area contributed by atoms with Gasteiger partial charge in [-0.3, -0.25) is 4.79 Å². The zero-order valence-corrected chi connectivity index (χ0v) is 12.2. The van der Waals surface area contributed by atoms with Gasteiger partial charge in [-0.15, -0.1) is 0 Å². The Bertz CT molecular complexity index is 608. The van der Waals surface area contributed by atoms with E-state index in [4.69, 9.17) is 16.3 Å². The van der Waals surface area contributed by atoms with Crippen molar-refractivity contribution in [3.63, 3.8) is 0 Å². The molecule has 0 aromatic heterocycles. The average molecular weight is 290 g/mol. The van der Waals surface area contributed by atoms with Crippen molar-refractivity contribution in [3.05, 3.63) is 58.6 Å². The van der Waals surface area contributed by atoms with Crippen LogP contribution in [0.15, 0.2) is 42.5 Å². The molecule has 0 spiro atoms. The van der Waals surface area contributed by atoms with Gasteiger partial charge in [0.15, 0.2) is 6.61 Å². The van der Waals surface area contributed by atoms with Crippen molar-refractivity contribution in [3.8, 4) is 5.75 Å². The normalized spacial score (nSPS) is 10.2. The number of aryl methyl sites for hydroxylation is 2. The Hall–Kier alpha value is -2.00. The molecule has 0 heterocycles. The highest BCUT2D eigenvalue weighted by atomic mass is 35.5. The van der Waals surface area contributed by atoms with Gasteiger partial charge in [-0.1, -0.05) is 29.3 Å². The minimum Gasteiger partial charge on any atom is -0.483 e. The number of hydrogen-bond donors (Lipinski definition) is 1. The predicted molar refractivity (Wildman–Crippen MR) is 81.5 cm³/mol. The fraction of sp³-hybridized carbons (Fsp3) is 0.188. The van der Waals surface area contributed by atoms with Gasteiger partial charge in [0.05, 0.1) is 0 Å². The predicted octanol–water partition coefficient (Wildman–Crippen LogP) is 3.97. The molecule has 0 aliphatic heterocycles. The summed E-state index contributed by atoms with van der Waals surface area (Å²) >= 11 is 5.86. The van der Waals surface area contributed by atoms with Crippen molar-refractivity contribution in [2.24, 2.45) is 0 Å². The number of carbonyl (C=O) groups is 1. The number of amides is 1. The molecule has 0 fully saturated rings. The zero-order valence-electron chi connectivity index (χ0n) is 11.4. The van der Waals surface area contributed by atoms with Crippen molar-refractivity contribution < 1.29 is 9.53 Å². The van der Waals surface area contributed by atoms with E-state index in [-0.39, 0.29) is 12.5 Å². The lowest BCUT2D eigenvalue weighted by Crippen LogP contribution is -2.20. The Labute approximate surface area is 123 Å². The van der Waals surface area contributed by atoms with Crippen LogP contribution in [0.25, 0.3) is 0 Å². The van der Waals surface area contributed by atoms with Crippen LogP contribution in [0.3, 0.4) is 0 Å². The highest BCUT2D eigenvalue weighted by Crippen LogP contribution is 2.21. The third-order valence-electron chi connectivity index (χ3n) is 2.83. The van der Waals surface area contributed by atoms with Gasteiger partial charge in [-0.25, -0.2) is 0 Å². The maximum atomic E-state index is 11.8. The fourth-order valence-corrected chi connectivity index (χ4v) is 1.98. The molecule has 104 valence electrons. The fourth-order valence-electron chi connectivity index (χ4n) is 1.75. The van der Waals surface area contributed by atoms with Crippen LogP contribution < -0.4 is 10.1 Å². The van der Waals surface area contributed by atoms with Crippen LogP contribution in [0.4, 0.5) is 5.69 Å². The summed E-state index contributed by atoms with van der Waals surface area (Å²) in [6, 6.07) is 12.9. The number of carbonyl (C=O) groups excluding carboxylic acids is 1. The maximum Gasteiger partial charge on any atom is 0.262 e. The van der Waals surface area contributed by atoms with Crippen LogP contribution in [0.5, 0.6) is 5.75 Å². The van der Waals surface area contributed by atoms with Gasteiger partial charge in [0.2, 0.25) is 0 Å². The second kappa shape index (κ2) is 6.44. The van der Waals surface area contributed by atoms with Crippen molar-refractivity contribution >= 4 is 23.2 Å². The van der Waals surface area contributed by atoms with Crippen LogP contribution in [0, 0.1) is 13.8 Å². The lowest BCUT2D eigenvalue weighted by molar-refractivity contribution is -0.118. The third kappa shape index (κ3) is 4.00. The molecule has 1 N–H and O–H groups in total. The molecule has 0 saturated carbocycles. The molecule has 0 bridgehead atoms. The summed E-state index contributed by atoms with van der Waals surface area (Å²) in [5.41, 5.74) is 2.81. The van der Waals surface area contributed by atoms with E-state index in [2.05, 4.69) is 5.32 Å². The molecular formula is C16H16ClNO2. The summed E-state index contributed by atoms with van der Waals surface area (Å²) in [4.78, 5) is 11.8. The van der Waals surface area contributed by atoms with Crippen LogP contribution in [-0.4, -0.2) is 12.5 Å². The Morgan fingerprint density at radius 2 is 1.85 bits per heavy atom. The monoisotopic (exact) mass is 289 g/mol. The molecule has 0 aliphatic rings. The van der Waals surface area contributed by atoms with E-state index in [0.717, 1.165) is 16.8 Å². The molecule has 2 rings (SSSR count). The smallest absolute Gasteiger partial charge is 0.262 e. The standard InChI is InChI=1S/C16H16ClNO2/c1-11-3-6-14(7-4-11)18-16(19)10-20-15-8-5-13(17)9-12(15)2/h3-9H,10H2,1-2H3,(H,18,19). The molecule has 0 aliphatic carbocycles. The number of anilines is 1. The van der Waals surface area contributed by atoms with E-state index in [9.17, 15) is 4.79 Å².